The third kappa shape index (κ3) is 4.15. The maximum atomic E-state index is 13.0. The van der Waals surface area contributed by atoms with Crippen molar-refractivity contribution in [2.75, 3.05) is 6.61 Å². The van der Waals surface area contributed by atoms with Crippen LogP contribution in [-0.2, 0) is 0 Å². The van der Waals surface area contributed by atoms with Gasteiger partial charge in [0.2, 0.25) is 0 Å². The van der Waals surface area contributed by atoms with Gasteiger partial charge in [0.05, 0.1) is 27.5 Å². The predicted molar refractivity (Wildman–Crippen MR) is 132 cm³/mol. The summed E-state index contributed by atoms with van der Waals surface area (Å²) in [5, 5.41) is 10.3. The number of aryl methyl sites for hydroxylation is 1. The molecule has 4 aromatic heterocycles. The average molecular weight is 494 g/mol. The zero-order valence-corrected chi connectivity index (χ0v) is 20.0. The summed E-state index contributed by atoms with van der Waals surface area (Å²) in [7, 11) is 0. The number of hydrogen-bond donors (Lipinski definition) is 1. The quantitative estimate of drug-likeness (QED) is 0.384. The van der Waals surface area contributed by atoms with Gasteiger partial charge in [-0.05, 0) is 49.2 Å². The van der Waals surface area contributed by atoms with Gasteiger partial charge in [0.1, 0.15) is 12.1 Å². The summed E-state index contributed by atoms with van der Waals surface area (Å²) in [5.41, 5.74) is 2.86. The highest BCUT2D eigenvalue weighted by molar-refractivity contribution is 7.15. The maximum Gasteiger partial charge on any atom is 0.274 e. The number of thiazole rings is 1. The van der Waals surface area contributed by atoms with Crippen molar-refractivity contribution in [1.82, 2.24) is 23.9 Å². The first-order valence-electron chi connectivity index (χ1n) is 10.6. The first-order valence-corrected chi connectivity index (χ1v) is 11.8. The monoisotopic (exact) mass is 493 g/mol. The lowest BCUT2D eigenvalue weighted by Gasteiger charge is -2.09. The van der Waals surface area contributed by atoms with E-state index in [4.69, 9.17) is 16.3 Å². The molecule has 0 saturated carbocycles. The number of imidazole rings is 2. The number of ether oxygens (including phenoxy) is 1. The molecule has 0 unspecified atom stereocenters. The van der Waals surface area contributed by atoms with Crippen LogP contribution in [0, 0.1) is 6.92 Å². The maximum absolute atomic E-state index is 13.0. The van der Waals surface area contributed by atoms with Gasteiger partial charge in [-0.1, -0.05) is 29.9 Å². The summed E-state index contributed by atoms with van der Waals surface area (Å²) in [6.45, 7) is 4.34. The summed E-state index contributed by atoms with van der Waals surface area (Å²) < 4.78 is 9.43. The third-order valence-corrected chi connectivity index (χ3v) is 6.41. The van der Waals surface area contributed by atoms with Crippen LogP contribution in [0.5, 0.6) is 11.5 Å². The molecule has 0 spiro atoms. The standard InChI is InChI=1S/C24H20ClN5O3S/c1-3-6-33-19-8-15(7-17(25)22(19)31)9-20-23(32)30-12-18(28-24(30)34-20)16-4-5-21(26-10-16)29-11-14(2)27-13-29/h4-5,7-13,31H,3,6H2,1-2H3/b20-9-. The molecule has 0 bridgehead atoms. The smallest absolute Gasteiger partial charge is 0.274 e. The van der Waals surface area contributed by atoms with Gasteiger partial charge < -0.3 is 9.84 Å². The summed E-state index contributed by atoms with van der Waals surface area (Å²) in [5.74, 6) is 0.933. The number of halogens is 1. The van der Waals surface area contributed by atoms with Crippen LogP contribution in [0.15, 0.2) is 54.0 Å². The molecule has 0 saturated heterocycles. The van der Waals surface area contributed by atoms with Crippen LogP contribution in [-0.4, -0.2) is 35.6 Å². The van der Waals surface area contributed by atoms with Crippen molar-refractivity contribution in [2.24, 2.45) is 0 Å². The fourth-order valence-electron chi connectivity index (χ4n) is 3.46. The molecule has 5 aromatic rings. The van der Waals surface area contributed by atoms with Crippen LogP contribution in [0.4, 0.5) is 0 Å². The number of aromatic nitrogens is 5. The Hall–Kier alpha value is -3.69. The largest absolute Gasteiger partial charge is 0.503 e. The SMILES string of the molecule is CCCOc1cc(/C=c2\sc3nc(-c4ccc(-n5cnc(C)c5)nc4)cn3c2=O)cc(Cl)c1O. The molecule has 172 valence electrons. The minimum atomic E-state index is -0.183. The van der Waals surface area contributed by atoms with Gasteiger partial charge in [-0.25, -0.2) is 15.0 Å². The van der Waals surface area contributed by atoms with E-state index in [2.05, 4.69) is 15.0 Å². The molecule has 4 heterocycles. The number of rotatable bonds is 6. The highest BCUT2D eigenvalue weighted by atomic mass is 35.5. The Bertz CT molecular complexity index is 1600. The van der Waals surface area contributed by atoms with Crippen LogP contribution in [0.1, 0.15) is 24.6 Å². The van der Waals surface area contributed by atoms with E-state index in [1.165, 1.54) is 15.7 Å². The van der Waals surface area contributed by atoms with E-state index in [1.54, 1.807) is 36.9 Å². The molecule has 0 aliphatic carbocycles. The molecule has 5 rings (SSSR count). The van der Waals surface area contributed by atoms with Crippen molar-refractivity contribution in [1.29, 1.82) is 0 Å². The van der Waals surface area contributed by atoms with E-state index in [9.17, 15) is 9.90 Å². The van der Waals surface area contributed by atoms with Crippen LogP contribution in [0.3, 0.4) is 0 Å². The third-order valence-electron chi connectivity index (χ3n) is 5.13. The normalized spacial score (nSPS) is 12.0. The molecular formula is C24H20ClN5O3S. The predicted octanol–water partition coefficient (Wildman–Crippen LogP) is 4.01. The van der Waals surface area contributed by atoms with E-state index in [-0.39, 0.29) is 16.3 Å². The van der Waals surface area contributed by atoms with E-state index >= 15 is 0 Å². The van der Waals surface area contributed by atoms with E-state index in [1.807, 2.05) is 36.7 Å². The number of pyridine rings is 1. The first-order chi connectivity index (χ1) is 16.4. The Labute approximate surface area is 203 Å². The Morgan fingerprint density at radius 2 is 2.09 bits per heavy atom. The summed E-state index contributed by atoms with van der Waals surface area (Å²) in [6.07, 6.45) is 9.56. The Balaban J connectivity index is 1.47. The molecule has 0 atom stereocenters. The minimum Gasteiger partial charge on any atom is -0.503 e. The van der Waals surface area contributed by atoms with Crippen LogP contribution in [0.25, 0.3) is 28.1 Å². The zero-order chi connectivity index (χ0) is 23.8. The van der Waals surface area contributed by atoms with Crippen LogP contribution >= 0.6 is 22.9 Å². The topological polar surface area (TPSA) is 94.5 Å². The van der Waals surface area contributed by atoms with Crippen molar-refractivity contribution in [3.8, 4) is 28.6 Å². The van der Waals surface area contributed by atoms with Crippen LogP contribution in [0.2, 0.25) is 5.02 Å². The van der Waals surface area contributed by atoms with Gasteiger partial charge in [0, 0.05) is 24.2 Å². The molecule has 0 radical (unpaired) electrons. The highest BCUT2D eigenvalue weighted by Gasteiger charge is 2.13. The second-order valence-corrected chi connectivity index (χ2v) is 9.14. The lowest BCUT2D eigenvalue weighted by molar-refractivity contribution is 0.299. The molecule has 8 nitrogen and oxygen atoms in total. The number of hydrogen-bond acceptors (Lipinski definition) is 7. The van der Waals surface area contributed by atoms with Gasteiger partial charge in [0.15, 0.2) is 16.5 Å². The van der Waals surface area contributed by atoms with Gasteiger partial charge in [-0.2, -0.15) is 0 Å². The van der Waals surface area contributed by atoms with Crippen molar-refractivity contribution >= 4 is 34.0 Å². The first kappa shape index (κ1) is 22.1. The number of phenolic OH excluding ortho intramolecular Hbond substituents is 1. The van der Waals surface area contributed by atoms with E-state index in [0.717, 1.165) is 23.5 Å². The minimum absolute atomic E-state index is 0.108. The zero-order valence-electron chi connectivity index (χ0n) is 18.4. The highest BCUT2D eigenvalue weighted by Crippen LogP contribution is 2.35. The molecule has 10 heteroatoms. The van der Waals surface area contributed by atoms with Gasteiger partial charge in [-0.15, -0.1) is 0 Å². The molecule has 1 aromatic carbocycles. The Morgan fingerprint density at radius 3 is 2.76 bits per heavy atom. The lowest BCUT2D eigenvalue weighted by Crippen LogP contribution is -2.22. The fourth-order valence-corrected chi connectivity index (χ4v) is 4.63. The lowest BCUT2D eigenvalue weighted by atomic mass is 10.2. The molecule has 34 heavy (non-hydrogen) atoms. The Kier molecular flexibility index (Phi) is 5.80. The average Bonchev–Trinajstić information content (AvgIpc) is 3.52. The molecule has 0 amide bonds. The molecule has 1 N–H and O–H groups in total. The van der Waals surface area contributed by atoms with Crippen LogP contribution < -0.4 is 14.8 Å². The number of benzene rings is 1. The molecular weight excluding hydrogens is 474 g/mol. The second kappa shape index (κ2) is 8.92. The van der Waals surface area contributed by atoms with Gasteiger partial charge >= 0.3 is 0 Å². The number of phenols is 1. The summed E-state index contributed by atoms with van der Waals surface area (Å²) in [4.78, 5) is 26.9. The van der Waals surface area contributed by atoms with E-state index in [0.29, 0.717) is 33.1 Å². The Morgan fingerprint density at radius 1 is 1.24 bits per heavy atom. The number of aromatic hydroxyl groups is 1. The van der Waals surface area contributed by atoms with Crippen molar-refractivity contribution in [3.63, 3.8) is 0 Å². The van der Waals surface area contributed by atoms with Crippen molar-refractivity contribution in [2.45, 2.75) is 20.3 Å². The number of fused-ring (bicyclic) bond motifs is 1. The van der Waals surface area contributed by atoms with Crippen molar-refractivity contribution in [3.05, 3.63) is 80.3 Å². The van der Waals surface area contributed by atoms with Gasteiger partial charge in [-0.3, -0.25) is 13.8 Å². The second-order valence-electron chi connectivity index (χ2n) is 7.72. The molecule has 0 aliphatic rings. The van der Waals surface area contributed by atoms with Gasteiger partial charge in [0.25, 0.3) is 5.56 Å². The summed E-state index contributed by atoms with van der Waals surface area (Å²) >= 11 is 7.42. The van der Waals surface area contributed by atoms with E-state index < -0.39 is 0 Å². The fraction of sp³-hybridized carbons (Fsp3) is 0.167. The summed E-state index contributed by atoms with van der Waals surface area (Å²) in [6, 6.07) is 7.06. The molecule has 0 fully saturated rings. The number of nitrogens with zero attached hydrogens (tertiary/aromatic N) is 5. The molecule has 0 aliphatic heterocycles. The van der Waals surface area contributed by atoms with Crippen molar-refractivity contribution < 1.29 is 9.84 Å².